The summed E-state index contributed by atoms with van der Waals surface area (Å²) in [7, 11) is 0. The van der Waals surface area contributed by atoms with Crippen molar-refractivity contribution in [3.05, 3.63) is 12.4 Å². The van der Waals surface area contributed by atoms with E-state index in [9.17, 15) is 5.11 Å². The molecule has 1 N–H and O–H groups in total. The Hall–Kier alpha value is -1.40. The number of hydrogen-bond acceptors (Lipinski definition) is 6. The van der Waals surface area contributed by atoms with Crippen LogP contribution in [0.1, 0.15) is 6.42 Å². The van der Waals surface area contributed by atoms with Crippen LogP contribution in [0.15, 0.2) is 12.4 Å². The summed E-state index contributed by atoms with van der Waals surface area (Å²) in [4.78, 5) is 13.2. The van der Waals surface area contributed by atoms with Crippen LogP contribution in [-0.2, 0) is 4.74 Å². The molecule has 1 aromatic rings. The van der Waals surface area contributed by atoms with Crippen molar-refractivity contribution in [3.8, 4) is 0 Å². The molecule has 0 spiro atoms. The average molecular weight is 264 g/mol. The van der Waals surface area contributed by atoms with Gasteiger partial charge in [0.25, 0.3) is 0 Å². The number of rotatable bonds is 3. The van der Waals surface area contributed by atoms with Crippen molar-refractivity contribution in [2.75, 3.05) is 55.8 Å². The number of ether oxygens (including phenoxy) is 1. The molecule has 6 nitrogen and oxygen atoms in total. The van der Waals surface area contributed by atoms with Gasteiger partial charge in [0.05, 0.1) is 13.2 Å². The van der Waals surface area contributed by atoms with Crippen molar-refractivity contribution in [1.82, 2.24) is 9.97 Å². The van der Waals surface area contributed by atoms with E-state index in [-0.39, 0.29) is 6.61 Å². The summed E-state index contributed by atoms with van der Waals surface area (Å²) in [6, 6.07) is 2.05. The van der Waals surface area contributed by atoms with Crippen molar-refractivity contribution >= 4 is 11.6 Å². The van der Waals surface area contributed by atoms with E-state index in [0.29, 0.717) is 5.92 Å². The van der Waals surface area contributed by atoms with E-state index in [1.54, 1.807) is 6.33 Å². The highest BCUT2D eigenvalue weighted by atomic mass is 16.5. The second-order valence-electron chi connectivity index (χ2n) is 5.12. The minimum atomic E-state index is 0.262. The Kier molecular flexibility index (Phi) is 3.79. The minimum absolute atomic E-state index is 0.262. The predicted octanol–water partition coefficient (Wildman–Crippen LogP) is 0.132. The first-order valence-electron chi connectivity index (χ1n) is 6.87. The molecular weight excluding hydrogens is 244 g/mol. The lowest BCUT2D eigenvalue weighted by atomic mass is 10.1. The van der Waals surface area contributed by atoms with Gasteiger partial charge in [-0.1, -0.05) is 0 Å². The second-order valence-corrected chi connectivity index (χ2v) is 5.12. The van der Waals surface area contributed by atoms with Crippen molar-refractivity contribution in [2.45, 2.75) is 6.42 Å². The molecular formula is C13H20N4O2. The molecule has 2 aliphatic rings. The van der Waals surface area contributed by atoms with Crippen LogP contribution in [0.2, 0.25) is 0 Å². The number of anilines is 2. The van der Waals surface area contributed by atoms with Gasteiger partial charge in [-0.25, -0.2) is 9.97 Å². The van der Waals surface area contributed by atoms with E-state index in [0.717, 1.165) is 57.4 Å². The second kappa shape index (κ2) is 5.71. The van der Waals surface area contributed by atoms with E-state index < -0.39 is 0 Å². The number of hydrogen-bond donors (Lipinski definition) is 1. The molecule has 0 aromatic carbocycles. The first-order valence-corrected chi connectivity index (χ1v) is 6.87. The van der Waals surface area contributed by atoms with Crippen molar-refractivity contribution < 1.29 is 9.84 Å². The topological polar surface area (TPSA) is 61.7 Å². The fourth-order valence-electron chi connectivity index (χ4n) is 2.67. The highest BCUT2D eigenvalue weighted by molar-refractivity contribution is 5.50. The van der Waals surface area contributed by atoms with Gasteiger partial charge in [0.2, 0.25) is 0 Å². The first-order chi connectivity index (χ1) is 9.36. The molecule has 0 radical (unpaired) electrons. The average Bonchev–Trinajstić information content (AvgIpc) is 2.97. The standard InChI is InChI=1S/C13H20N4O2/c18-9-11-1-2-17(8-11)13-7-12(14-10-15-13)16-3-5-19-6-4-16/h7,10-11,18H,1-6,8-9H2. The molecule has 104 valence electrons. The zero-order chi connectivity index (χ0) is 13.1. The SMILES string of the molecule is OCC1CCN(c2cc(N3CCOCC3)ncn2)C1. The van der Waals surface area contributed by atoms with Crippen LogP contribution in [-0.4, -0.2) is 61.1 Å². The van der Waals surface area contributed by atoms with Gasteiger partial charge in [0, 0.05) is 44.8 Å². The molecule has 2 fully saturated rings. The maximum Gasteiger partial charge on any atom is 0.134 e. The number of aromatic nitrogens is 2. The lowest BCUT2D eigenvalue weighted by Gasteiger charge is -2.28. The van der Waals surface area contributed by atoms with Gasteiger partial charge >= 0.3 is 0 Å². The predicted molar refractivity (Wildman–Crippen MR) is 72.5 cm³/mol. The van der Waals surface area contributed by atoms with Crippen molar-refractivity contribution in [2.24, 2.45) is 5.92 Å². The van der Waals surface area contributed by atoms with Gasteiger partial charge in [-0.15, -0.1) is 0 Å². The summed E-state index contributed by atoms with van der Waals surface area (Å²) in [6.45, 7) is 5.40. The first kappa shape index (κ1) is 12.6. The number of morpholine rings is 1. The zero-order valence-electron chi connectivity index (χ0n) is 11.0. The zero-order valence-corrected chi connectivity index (χ0v) is 11.0. The molecule has 1 aromatic heterocycles. The van der Waals surface area contributed by atoms with E-state index in [2.05, 4.69) is 19.8 Å². The summed E-state index contributed by atoms with van der Waals surface area (Å²) in [5.41, 5.74) is 0. The van der Waals surface area contributed by atoms with Crippen LogP contribution in [0.3, 0.4) is 0 Å². The molecule has 2 aliphatic heterocycles. The Balaban J connectivity index is 1.72. The molecule has 0 aliphatic carbocycles. The highest BCUT2D eigenvalue weighted by Gasteiger charge is 2.23. The van der Waals surface area contributed by atoms with Gasteiger partial charge < -0.3 is 19.6 Å². The number of aliphatic hydroxyl groups excluding tert-OH is 1. The normalized spacial score (nSPS) is 23.9. The summed E-state index contributed by atoms with van der Waals surface area (Å²) in [5, 5.41) is 9.21. The third-order valence-corrected chi connectivity index (χ3v) is 3.84. The number of aliphatic hydroxyl groups is 1. The monoisotopic (exact) mass is 264 g/mol. The smallest absolute Gasteiger partial charge is 0.134 e. The van der Waals surface area contributed by atoms with Crippen molar-refractivity contribution in [1.29, 1.82) is 0 Å². The fourth-order valence-corrected chi connectivity index (χ4v) is 2.67. The Labute approximate surface area is 113 Å². The van der Waals surface area contributed by atoms with Gasteiger partial charge in [-0.2, -0.15) is 0 Å². The summed E-state index contributed by atoms with van der Waals surface area (Å²) >= 11 is 0. The van der Waals surface area contributed by atoms with Crippen LogP contribution < -0.4 is 9.80 Å². The van der Waals surface area contributed by atoms with Gasteiger partial charge in [-0.05, 0) is 6.42 Å². The molecule has 0 bridgehead atoms. The number of nitrogens with zero attached hydrogens (tertiary/aromatic N) is 4. The molecule has 6 heteroatoms. The van der Waals surface area contributed by atoms with E-state index in [1.807, 2.05) is 6.07 Å². The molecule has 2 saturated heterocycles. The van der Waals surface area contributed by atoms with Crippen LogP contribution in [0.5, 0.6) is 0 Å². The summed E-state index contributed by atoms with van der Waals surface area (Å²) < 4.78 is 5.36. The molecule has 19 heavy (non-hydrogen) atoms. The molecule has 0 saturated carbocycles. The summed E-state index contributed by atoms with van der Waals surface area (Å²) in [5.74, 6) is 2.31. The van der Waals surface area contributed by atoms with Gasteiger partial charge in [0.1, 0.15) is 18.0 Å². The maximum atomic E-state index is 9.21. The third-order valence-electron chi connectivity index (χ3n) is 3.84. The molecule has 1 unspecified atom stereocenters. The molecule has 3 heterocycles. The maximum absolute atomic E-state index is 9.21. The Morgan fingerprint density at radius 1 is 1.16 bits per heavy atom. The lowest BCUT2D eigenvalue weighted by Crippen LogP contribution is -2.37. The van der Waals surface area contributed by atoms with E-state index >= 15 is 0 Å². The molecule has 1 atom stereocenters. The van der Waals surface area contributed by atoms with E-state index in [4.69, 9.17) is 4.74 Å². The van der Waals surface area contributed by atoms with Crippen LogP contribution >= 0.6 is 0 Å². The largest absolute Gasteiger partial charge is 0.396 e. The highest BCUT2D eigenvalue weighted by Crippen LogP contribution is 2.24. The lowest BCUT2D eigenvalue weighted by molar-refractivity contribution is 0.122. The quantitative estimate of drug-likeness (QED) is 0.837. The van der Waals surface area contributed by atoms with Gasteiger partial charge in [0.15, 0.2) is 0 Å². The van der Waals surface area contributed by atoms with E-state index in [1.165, 1.54) is 0 Å². The molecule has 0 amide bonds. The Bertz CT molecular complexity index is 423. The Morgan fingerprint density at radius 2 is 1.89 bits per heavy atom. The minimum Gasteiger partial charge on any atom is -0.396 e. The fraction of sp³-hybridized carbons (Fsp3) is 0.692. The molecule has 3 rings (SSSR count). The van der Waals surface area contributed by atoms with Crippen LogP contribution in [0.25, 0.3) is 0 Å². The third kappa shape index (κ3) is 2.79. The van der Waals surface area contributed by atoms with Crippen LogP contribution in [0, 0.1) is 5.92 Å². The van der Waals surface area contributed by atoms with Crippen molar-refractivity contribution in [3.63, 3.8) is 0 Å². The summed E-state index contributed by atoms with van der Waals surface area (Å²) in [6.07, 6.45) is 2.67. The van der Waals surface area contributed by atoms with Gasteiger partial charge in [-0.3, -0.25) is 0 Å². The Morgan fingerprint density at radius 3 is 2.58 bits per heavy atom. The van der Waals surface area contributed by atoms with Crippen LogP contribution in [0.4, 0.5) is 11.6 Å².